The smallest absolute Gasteiger partial charge is 0.241 e. The molecule has 1 aliphatic carbocycles. The zero-order chi connectivity index (χ0) is 14.1. The number of nitrogen functional groups attached to an aromatic ring is 1. The van der Waals surface area contributed by atoms with Gasteiger partial charge in [-0.2, -0.15) is 4.98 Å². The molecule has 6 heteroatoms. The van der Waals surface area contributed by atoms with Crippen LogP contribution < -0.4 is 16.0 Å². The van der Waals surface area contributed by atoms with E-state index in [1.807, 2.05) is 11.4 Å². The van der Waals surface area contributed by atoms with Crippen molar-refractivity contribution in [2.75, 3.05) is 5.43 Å². The minimum absolute atomic E-state index is 0.234. The number of hydrogen-bond donors (Lipinski definition) is 2. The molecule has 0 aliphatic heterocycles. The van der Waals surface area contributed by atoms with Crippen molar-refractivity contribution in [2.45, 2.75) is 39.2 Å². The number of hydrogen-bond acceptors (Lipinski definition) is 6. The van der Waals surface area contributed by atoms with Gasteiger partial charge in [-0.3, -0.25) is 5.43 Å². The van der Waals surface area contributed by atoms with Gasteiger partial charge in [-0.25, -0.2) is 10.8 Å². The van der Waals surface area contributed by atoms with E-state index in [1.54, 1.807) is 11.3 Å². The topological polar surface area (TPSA) is 73.1 Å². The average molecular weight is 292 g/mol. The van der Waals surface area contributed by atoms with Gasteiger partial charge in [0.15, 0.2) is 0 Å². The molecule has 2 unspecified atom stereocenters. The zero-order valence-electron chi connectivity index (χ0n) is 11.8. The molecule has 0 radical (unpaired) electrons. The van der Waals surface area contributed by atoms with E-state index in [0.29, 0.717) is 23.7 Å². The van der Waals surface area contributed by atoms with Crippen LogP contribution >= 0.6 is 11.3 Å². The Labute approximate surface area is 122 Å². The van der Waals surface area contributed by atoms with E-state index < -0.39 is 0 Å². The Morgan fingerprint density at radius 3 is 2.70 bits per heavy atom. The highest BCUT2D eigenvalue weighted by molar-refractivity contribution is 7.16. The van der Waals surface area contributed by atoms with Crippen molar-refractivity contribution in [3.63, 3.8) is 0 Å². The molecule has 0 aromatic carbocycles. The molecule has 5 nitrogen and oxygen atoms in total. The van der Waals surface area contributed by atoms with Crippen LogP contribution in [0.2, 0.25) is 0 Å². The van der Waals surface area contributed by atoms with Crippen LogP contribution in [0, 0.1) is 11.8 Å². The second-order valence-corrected chi connectivity index (χ2v) is 6.69. The molecule has 0 saturated heterocycles. The van der Waals surface area contributed by atoms with Gasteiger partial charge in [0.25, 0.3) is 0 Å². The van der Waals surface area contributed by atoms with Crippen molar-refractivity contribution in [1.82, 2.24) is 9.97 Å². The summed E-state index contributed by atoms with van der Waals surface area (Å²) < 4.78 is 6.17. The third-order valence-corrected chi connectivity index (χ3v) is 4.64. The first kappa shape index (κ1) is 13.6. The first-order valence-corrected chi connectivity index (χ1v) is 7.92. The molecule has 3 N–H and O–H groups in total. The third kappa shape index (κ3) is 2.71. The largest absolute Gasteiger partial charge is 0.474 e. The summed E-state index contributed by atoms with van der Waals surface area (Å²) in [5.74, 6) is 7.90. The number of anilines is 1. The van der Waals surface area contributed by atoms with Gasteiger partial charge in [0.1, 0.15) is 10.9 Å². The molecule has 0 bridgehead atoms. The molecule has 3 rings (SSSR count). The van der Waals surface area contributed by atoms with E-state index >= 15 is 0 Å². The molecule has 2 atom stereocenters. The van der Waals surface area contributed by atoms with Crippen molar-refractivity contribution in [3.05, 3.63) is 11.4 Å². The molecule has 1 fully saturated rings. The van der Waals surface area contributed by atoms with Gasteiger partial charge in [-0.15, -0.1) is 11.3 Å². The van der Waals surface area contributed by atoms with Crippen LogP contribution in [0.3, 0.4) is 0 Å². The molecule has 2 aromatic heterocycles. The summed E-state index contributed by atoms with van der Waals surface area (Å²) in [6, 6.07) is 2.01. The van der Waals surface area contributed by atoms with Crippen LogP contribution in [0.1, 0.15) is 33.1 Å². The highest BCUT2D eigenvalue weighted by atomic mass is 32.1. The number of ether oxygens (including phenoxy) is 1. The van der Waals surface area contributed by atoms with Crippen molar-refractivity contribution in [1.29, 1.82) is 0 Å². The molecule has 2 heterocycles. The van der Waals surface area contributed by atoms with E-state index in [-0.39, 0.29) is 6.10 Å². The summed E-state index contributed by atoms with van der Waals surface area (Å²) >= 11 is 1.57. The fraction of sp³-hybridized carbons (Fsp3) is 0.571. The maximum absolute atomic E-state index is 6.17. The van der Waals surface area contributed by atoms with E-state index in [9.17, 15) is 0 Å². The summed E-state index contributed by atoms with van der Waals surface area (Å²) in [7, 11) is 0. The second kappa shape index (κ2) is 5.54. The SMILES string of the molecule is CC1CC(C)CC(Oc2nc(NN)nc3sccc23)C1. The number of nitrogens with zero attached hydrogens (tertiary/aromatic N) is 2. The van der Waals surface area contributed by atoms with Crippen molar-refractivity contribution >= 4 is 27.5 Å². The Balaban J connectivity index is 1.87. The summed E-state index contributed by atoms with van der Waals surface area (Å²) in [5, 5.41) is 2.97. The van der Waals surface area contributed by atoms with Crippen LogP contribution in [0.4, 0.5) is 5.95 Å². The van der Waals surface area contributed by atoms with E-state index in [0.717, 1.165) is 23.1 Å². The molecule has 0 spiro atoms. The molecule has 0 amide bonds. The number of fused-ring (bicyclic) bond motifs is 1. The van der Waals surface area contributed by atoms with Gasteiger partial charge in [-0.05, 0) is 42.5 Å². The first-order chi connectivity index (χ1) is 9.65. The zero-order valence-corrected chi connectivity index (χ0v) is 12.6. The minimum Gasteiger partial charge on any atom is -0.474 e. The van der Waals surface area contributed by atoms with E-state index in [1.165, 1.54) is 6.42 Å². The van der Waals surface area contributed by atoms with Gasteiger partial charge in [0.05, 0.1) is 5.39 Å². The van der Waals surface area contributed by atoms with Gasteiger partial charge in [0.2, 0.25) is 11.8 Å². The fourth-order valence-electron chi connectivity index (χ4n) is 3.11. The lowest BCUT2D eigenvalue weighted by molar-refractivity contribution is 0.0983. The number of nitrogens with two attached hydrogens (primary N) is 1. The Hall–Kier alpha value is -1.40. The van der Waals surface area contributed by atoms with Crippen LogP contribution in [0.25, 0.3) is 10.2 Å². The maximum atomic E-state index is 6.17. The number of hydrazine groups is 1. The molecule has 1 saturated carbocycles. The molecule has 1 aliphatic rings. The molecular formula is C14H20N4OS. The van der Waals surface area contributed by atoms with Gasteiger partial charge in [0, 0.05) is 0 Å². The van der Waals surface area contributed by atoms with E-state index in [4.69, 9.17) is 10.6 Å². The highest BCUT2D eigenvalue weighted by Gasteiger charge is 2.26. The van der Waals surface area contributed by atoms with Gasteiger partial charge >= 0.3 is 0 Å². The van der Waals surface area contributed by atoms with Gasteiger partial charge < -0.3 is 4.74 Å². The lowest BCUT2D eigenvalue weighted by atomic mass is 9.82. The number of thiophene rings is 1. The molecule has 20 heavy (non-hydrogen) atoms. The summed E-state index contributed by atoms with van der Waals surface area (Å²) in [5.41, 5.74) is 2.51. The summed E-state index contributed by atoms with van der Waals surface area (Å²) in [4.78, 5) is 9.60. The third-order valence-electron chi connectivity index (χ3n) is 3.83. The second-order valence-electron chi connectivity index (χ2n) is 5.79. The maximum Gasteiger partial charge on any atom is 0.241 e. The van der Waals surface area contributed by atoms with Crippen LogP contribution in [-0.4, -0.2) is 16.1 Å². The Kier molecular flexibility index (Phi) is 3.76. The summed E-state index contributed by atoms with van der Waals surface area (Å²) in [6.07, 6.45) is 3.70. The number of aromatic nitrogens is 2. The Morgan fingerprint density at radius 2 is 2.00 bits per heavy atom. The lowest BCUT2D eigenvalue weighted by Crippen LogP contribution is -2.29. The van der Waals surface area contributed by atoms with E-state index in [2.05, 4.69) is 29.2 Å². The number of rotatable bonds is 3. The predicted octanol–water partition coefficient (Wildman–Crippen LogP) is 3.18. The van der Waals surface area contributed by atoms with Crippen molar-refractivity contribution < 1.29 is 4.74 Å². The standard InChI is InChI=1S/C14H20N4OS/c1-8-5-9(2)7-10(6-8)19-12-11-3-4-20-13(11)17-14(16-12)18-15/h3-4,8-10H,5-7,15H2,1-2H3,(H,16,17,18). The van der Waals surface area contributed by atoms with Gasteiger partial charge in [-0.1, -0.05) is 13.8 Å². The molecular weight excluding hydrogens is 272 g/mol. The summed E-state index contributed by atoms with van der Waals surface area (Å²) in [6.45, 7) is 4.58. The first-order valence-electron chi connectivity index (χ1n) is 7.04. The number of nitrogens with one attached hydrogen (secondary N) is 1. The van der Waals surface area contributed by atoms with Crippen molar-refractivity contribution in [2.24, 2.45) is 17.7 Å². The van der Waals surface area contributed by atoms with Crippen LogP contribution in [0.15, 0.2) is 11.4 Å². The van der Waals surface area contributed by atoms with Crippen molar-refractivity contribution in [3.8, 4) is 5.88 Å². The average Bonchev–Trinajstić information content (AvgIpc) is 2.85. The normalized spacial score (nSPS) is 26.6. The predicted molar refractivity (Wildman–Crippen MR) is 81.8 cm³/mol. The van der Waals surface area contributed by atoms with Crippen LogP contribution in [0.5, 0.6) is 5.88 Å². The quantitative estimate of drug-likeness (QED) is 0.671. The Morgan fingerprint density at radius 1 is 1.25 bits per heavy atom. The molecule has 108 valence electrons. The lowest BCUT2D eigenvalue weighted by Gasteiger charge is -2.31. The molecule has 2 aromatic rings. The fourth-order valence-corrected chi connectivity index (χ4v) is 3.86. The monoisotopic (exact) mass is 292 g/mol. The highest BCUT2D eigenvalue weighted by Crippen LogP contribution is 2.34. The Bertz CT molecular complexity index is 590. The minimum atomic E-state index is 0.234. The van der Waals surface area contributed by atoms with Crippen LogP contribution in [-0.2, 0) is 0 Å².